The smallest absolute Gasteiger partial charge is 0.161 e. The number of Topliss-reactive ketones (excluding diaryl/α,β-unsaturated/α-hetero) is 1. The maximum atomic E-state index is 12.3. The van der Waals surface area contributed by atoms with Crippen LogP contribution in [0.4, 0.5) is 0 Å². The molecular weight excluding hydrogens is 276 g/mol. The Hall–Kier alpha value is -1.77. The maximum absolute atomic E-state index is 12.3. The Labute approximate surface area is 131 Å². The molecule has 3 aliphatic carbocycles. The van der Waals surface area contributed by atoms with Gasteiger partial charge in [-0.3, -0.25) is 4.79 Å². The van der Waals surface area contributed by atoms with Crippen LogP contribution in [0.3, 0.4) is 0 Å². The Bertz CT molecular complexity index is 688. The average Bonchev–Trinajstić information content (AvgIpc) is 2.82. The van der Waals surface area contributed by atoms with E-state index in [2.05, 4.69) is 13.0 Å². The van der Waals surface area contributed by atoms with Crippen molar-refractivity contribution in [2.45, 2.75) is 39.0 Å². The molecule has 3 nitrogen and oxygen atoms in total. The van der Waals surface area contributed by atoms with E-state index in [0.717, 1.165) is 32.1 Å². The molecule has 0 bridgehead atoms. The highest BCUT2D eigenvalue weighted by Gasteiger charge is 2.52. The molecule has 3 unspecified atom stereocenters. The number of allylic oxidation sites excluding steroid dienone is 2. The van der Waals surface area contributed by atoms with Crippen molar-refractivity contribution in [3.8, 4) is 11.5 Å². The number of hydrogen-bond donors (Lipinski definition) is 1. The van der Waals surface area contributed by atoms with Gasteiger partial charge >= 0.3 is 0 Å². The lowest BCUT2D eigenvalue weighted by Crippen LogP contribution is -2.38. The predicted molar refractivity (Wildman–Crippen MR) is 84.9 cm³/mol. The second-order valence-corrected chi connectivity index (χ2v) is 7.18. The molecule has 3 heteroatoms. The first-order chi connectivity index (χ1) is 10.5. The van der Waals surface area contributed by atoms with Crippen LogP contribution in [0.1, 0.15) is 43.7 Å². The van der Waals surface area contributed by atoms with Crippen LogP contribution >= 0.6 is 0 Å². The number of fused-ring (bicyclic) bond motifs is 5. The largest absolute Gasteiger partial charge is 0.504 e. The van der Waals surface area contributed by atoms with Gasteiger partial charge in [0, 0.05) is 11.8 Å². The number of hydrogen-bond acceptors (Lipinski definition) is 3. The minimum Gasteiger partial charge on any atom is -0.504 e. The molecule has 1 fully saturated rings. The van der Waals surface area contributed by atoms with Crippen molar-refractivity contribution >= 4 is 11.4 Å². The number of phenolic OH excluding ortho intramolecular Hbond substituents is 1. The van der Waals surface area contributed by atoms with Crippen LogP contribution in [0.15, 0.2) is 18.2 Å². The molecule has 0 amide bonds. The van der Waals surface area contributed by atoms with Crippen molar-refractivity contribution in [1.82, 2.24) is 0 Å². The van der Waals surface area contributed by atoms with Crippen LogP contribution in [-0.2, 0) is 11.2 Å². The molecule has 116 valence electrons. The first-order valence-corrected chi connectivity index (χ1v) is 8.18. The van der Waals surface area contributed by atoms with Gasteiger partial charge in [-0.2, -0.15) is 0 Å². The zero-order valence-corrected chi connectivity index (χ0v) is 13.2. The third-order valence-corrected chi connectivity index (χ3v) is 6.21. The van der Waals surface area contributed by atoms with Crippen LogP contribution in [0, 0.1) is 17.3 Å². The molecule has 0 heterocycles. The molecule has 4 rings (SSSR count). The number of carbonyl (C=O) groups is 1. The summed E-state index contributed by atoms with van der Waals surface area (Å²) in [4.78, 5) is 12.3. The highest BCUT2D eigenvalue weighted by Crippen LogP contribution is 2.57. The van der Waals surface area contributed by atoms with E-state index in [-0.39, 0.29) is 11.2 Å². The molecule has 3 aliphatic rings. The summed E-state index contributed by atoms with van der Waals surface area (Å²) in [6.07, 6.45) is 6.95. The molecule has 0 aromatic heterocycles. The lowest BCUT2D eigenvalue weighted by Gasteiger charge is -2.43. The fourth-order valence-electron chi connectivity index (χ4n) is 4.93. The third kappa shape index (κ3) is 1.71. The molecule has 1 aromatic rings. The van der Waals surface area contributed by atoms with Gasteiger partial charge in [-0.15, -0.1) is 0 Å². The fraction of sp³-hybridized carbons (Fsp3) is 0.526. The van der Waals surface area contributed by atoms with Gasteiger partial charge in [-0.05, 0) is 66.4 Å². The molecular formula is C19H22O3. The summed E-state index contributed by atoms with van der Waals surface area (Å²) in [7, 11) is 1.59. The second-order valence-electron chi connectivity index (χ2n) is 7.18. The first-order valence-electron chi connectivity index (χ1n) is 8.18. The number of ketones is 1. The SMILES string of the molecule is COc1cc2c(cc1O)CCC1C2=CCC2(C)C(=O)CCC12. The number of ether oxygens (including phenoxy) is 1. The summed E-state index contributed by atoms with van der Waals surface area (Å²) in [5.41, 5.74) is 3.64. The maximum Gasteiger partial charge on any atom is 0.161 e. The molecule has 0 saturated heterocycles. The molecule has 1 aromatic carbocycles. The highest BCUT2D eigenvalue weighted by molar-refractivity contribution is 5.89. The standard InChI is InChI=1S/C19H22O3/c1-19-8-7-12-13(15(19)5-6-18(19)21)4-3-11-9-16(20)17(22-2)10-14(11)12/h7,9-10,13,15,20H,3-6,8H2,1-2H3. The molecule has 3 atom stereocenters. The van der Waals surface area contributed by atoms with E-state index in [0.29, 0.717) is 23.4 Å². The quantitative estimate of drug-likeness (QED) is 0.859. The van der Waals surface area contributed by atoms with E-state index in [1.54, 1.807) is 7.11 Å². The minimum absolute atomic E-state index is 0.146. The number of phenols is 1. The Morgan fingerprint density at radius 3 is 2.86 bits per heavy atom. The Balaban J connectivity index is 1.82. The fourth-order valence-corrected chi connectivity index (χ4v) is 4.93. The average molecular weight is 298 g/mol. The summed E-state index contributed by atoms with van der Waals surface area (Å²) in [5, 5.41) is 10.00. The van der Waals surface area contributed by atoms with Crippen LogP contribution in [-0.4, -0.2) is 18.0 Å². The molecule has 1 N–H and O–H groups in total. The number of carbonyl (C=O) groups excluding carboxylic acids is 1. The van der Waals surface area contributed by atoms with Gasteiger partial charge in [0.05, 0.1) is 7.11 Å². The Morgan fingerprint density at radius 2 is 2.09 bits per heavy atom. The van der Waals surface area contributed by atoms with E-state index >= 15 is 0 Å². The Kier molecular flexibility index (Phi) is 2.91. The third-order valence-electron chi connectivity index (χ3n) is 6.21. The number of aryl methyl sites for hydroxylation is 1. The van der Waals surface area contributed by atoms with Crippen LogP contribution in [0.2, 0.25) is 0 Å². The monoisotopic (exact) mass is 298 g/mol. The predicted octanol–water partition coefficient (Wildman–Crippen LogP) is 3.74. The van der Waals surface area contributed by atoms with Gasteiger partial charge in [0.2, 0.25) is 0 Å². The van der Waals surface area contributed by atoms with Crippen LogP contribution in [0.5, 0.6) is 11.5 Å². The van der Waals surface area contributed by atoms with E-state index in [4.69, 9.17) is 4.74 Å². The van der Waals surface area contributed by atoms with Crippen LogP contribution in [0.25, 0.3) is 5.57 Å². The summed E-state index contributed by atoms with van der Waals surface area (Å²) in [6, 6.07) is 3.82. The molecule has 22 heavy (non-hydrogen) atoms. The normalized spacial score (nSPS) is 32.8. The summed E-state index contributed by atoms with van der Waals surface area (Å²) in [6.45, 7) is 2.16. The number of rotatable bonds is 1. The molecule has 0 spiro atoms. The van der Waals surface area contributed by atoms with E-state index < -0.39 is 0 Å². The van der Waals surface area contributed by atoms with Gasteiger partial charge < -0.3 is 9.84 Å². The van der Waals surface area contributed by atoms with Crippen LogP contribution < -0.4 is 4.74 Å². The van der Waals surface area contributed by atoms with E-state index in [1.165, 1.54) is 16.7 Å². The van der Waals surface area contributed by atoms with Crippen molar-refractivity contribution in [2.75, 3.05) is 7.11 Å². The Morgan fingerprint density at radius 1 is 1.27 bits per heavy atom. The van der Waals surface area contributed by atoms with Crippen molar-refractivity contribution in [2.24, 2.45) is 17.3 Å². The number of benzene rings is 1. The second kappa shape index (κ2) is 4.61. The minimum atomic E-state index is -0.146. The zero-order valence-electron chi connectivity index (χ0n) is 13.2. The first kappa shape index (κ1) is 13.9. The summed E-state index contributed by atoms with van der Waals surface area (Å²) >= 11 is 0. The van der Waals surface area contributed by atoms with Gasteiger partial charge in [0.25, 0.3) is 0 Å². The highest BCUT2D eigenvalue weighted by atomic mass is 16.5. The lowest BCUT2D eigenvalue weighted by molar-refractivity contribution is -0.126. The van der Waals surface area contributed by atoms with Crippen molar-refractivity contribution in [3.05, 3.63) is 29.3 Å². The van der Waals surface area contributed by atoms with Crippen molar-refractivity contribution in [1.29, 1.82) is 0 Å². The summed E-state index contributed by atoms with van der Waals surface area (Å²) in [5.74, 6) is 2.16. The lowest BCUT2D eigenvalue weighted by atomic mass is 9.60. The molecule has 1 saturated carbocycles. The van der Waals surface area contributed by atoms with Crippen molar-refractivity contribution in [3.63, 3.8) is 0 Å². The molecule has 0 aliphatic heterocycles. The topological polar surface area (TPSA) is 46.5 Å². The van der Waals surface area contributed by atoms with Gasteiger partial charge in [0.1, 0.15) is 5.78 Å². The van der Waals surface area contributed by atoms with Crippen molar-refractivity contribution < 1.29 is 14.6 Å². The van der Waals surface area contributed by atoms with Gasteiger partial charge in [-0.1, -0.05) is 13.0 Å². The van der Waals surface area contributed by atoms with E-state index in [1.807, 2.05) is 12.1 Å². The van der Waals surface area contributed by atoms with Gasteiger partial charge in [0.15, 0.2) is 11.5 Å². The zero-order chi connectivity index (χ0) is 15.5. The van der Waals surface area contributed by atoms with Gasteiger partial charge in [-0.25, -0.2) is 0 Å². The number of aromatic hydroxyl groups is 1. The number of methoxy groups -OCH3 is 1. The molecule has 0 radical (unpaired) electrons. The van der Waals surface area contributed by atoms with E-state index in [9.17, 15) is 9.90 Å². The summed E-state index contributed by atoms with van der Waals surface area (Å²) < 4.78 is 5.28.